The molecule has 1 unspecified atom stereocenters. The van der Waals surface area contributed by atoms with Crippen molar-refractivity contribution in [1.82, 2.24) is 5.32 Å². The fourth-order valence-corrected chi connectivity index (χ4v) is 2.31. The minimum Gasteiger partial charge on any atom is -0.616 e. The summed E-state index contributed by atoms with van der Waals surface area (Å²) < 4.78 is 11.5. The number of hydrogen-bond donors (Lipinski definition) is 1. The van der Waals surface area contributed by atoms with E-state index in [1.54, 1.807) is 12.1 Å². The monoisotopic (exact) mass is 300 g/mol. The quantitative estimate of drug-likeness (QED) is 0.655. The van der Waals surface area contributed by atoms with Gasteiger partial charge in [-0.2, -0.15) is 0 Å². The van der Waals surface area contributed by atoms with Crippen LogP contribution in [-0.2, 0) is 11.2 Å². The second-order valence-electron chi connectivity index (χ2n) is 5.01. The van der Waals surface area contributed by atoms with E-state index in [-0.39, 0.29) is 24.5 Å². The van der Waals surface area contributed by atoms with Gasteiger partial charge in [0.15, 0.2) is 12.8 Å². The number of pyridine rings is 1. The Morgan fingerprint density at radius 1 is 1.32 bits per heavy atom. The zero-order valence-electron chi connectivity index (χ0n) is 11.9. The average Bonchev–Trinajstić information content (AvgIpc) is 2.95. The van der Waals surface area contributed by atoms with E-state index in [1.807, 2.05) is 24.3 Å². The first-order valence-corrected chi connectivity index (χ1v) is 7.04. The molecule has 6 nitrogen and oxygen atoms in total. The van der Waals surface area contributed by atoms with Gasteiger partial charge in [0.1, 0.15) is 11.9 Å². The first-order chi connectivity index (χ1) is 10.7. The fraction of sp³-hybridized carbons (Fsp3) is 0.250. The van der Waals surface area contributed by atoms with E-state index in [0.29, 0.717) is 11.3 Å². The van der Waals surface area contributed by atoms with Crippen molar-refractivity contribution in [2.45, 2.75) is 12.5 Å². The van der Waals surface area contributed by atoms with Crippen LogP contribution in [0.2, 0.25) is 0 Å². The van der Waals surface area contributed by atoms with E-state index in [2.05, 4.69) is 5.32 Å². The van der Waals surface area contributed by atoms with Crippen LogP contribution in [0.1, 0.15) is 5.56 Å². The Labute approximate surface area is 127 Å². The molecule has 1 aromatic heterocycles. The van der Waals surface area contributed by atoms with E-state index in [4.69, 9.17) is 9.47 Å². The van der Waals surface area contributed by atoms with Gasteiger partial charge >= 0.3 is 5.88 Å². The third kappa shape index (κ3) is 3.28. The lowest BCUT2D eigenvalue weighted by atomic mass is 10.1. The van der Waals surface area contributed by atoms with Crippen LogP contribution in [-0.4, -0.2) is 25.2 Å². The van der Waals surface area contributed by atoms with Crippen molar-refractivity contribution in [3.05, 3.63) is 59.4 Å². The fourth-order valence-electron chi connectivity index (χ4n) is 2.31. The molecule has 3 rings (SSSR count). The zero-order valence-corrected chi connectivity index (χ0v) is 11.9. The summed E-state index contributed by atoms with van der Waals surface area (Å²) >= 11 is 0. The topological polar surface area (TPSA) is 74.5 Å². The molecule has 1 atom stereocenters. The van der Waals surface area contributed by atoms with Gasteiger partial charge < -0.3 is 20.0 Å². The number of benzene rings is 1. The van der Waals surface area contributed by atoms with Gasteiger partial charge in [0.05, 0.1) is 12.6 Å². The van der Waals surface area contributed by atoms with Gasteiger partial charge in [-0.05, 0) is 17.7 Å². The highest BCUT2D eigenvalue weighted by Crippen LogP contribution is 2.27. The highest BCUT2D eigenvalue weighted by atomic mass is 16.6. The molecule has 0 aliphatic carbocycles. The summed E-state index contributed by atoms with van der Waals surface area (Å²) in [5, 5.41) is 14.1. The SMILES string of the molecule is O=C(COc1cccc[n+]1[O-])NCC1Cc2ccccc2O1. The first-order valence-electron chi connectivity index (χ1n) is 7.04. The smallest absolute Gasteiger partial charge is 0.379 e. The molecule has 2 aromatic rings. The summed E-state index contributed by atoms with van der Waals surface area (Å²) in [6, 6.07) is 12.6. The van der Waals surface area contributed by atoms with E-state index < -0.39 is 0 Å². The lowest BCUT2D eigenvalue weighted by Crippen LogP contribution is -2.38. The lowest BCUT2D eigenvalue weighted by Gasteiger charge is -2.12. The molecule has 1 aliphatic rings. The maximum atomic E-state index is 11.8. The predicted molar refractivity (Wildman–Crippen MR) is 78.5 cm³/mol. The van der Waals surface area contributed by atoms with Crippen molar-refractivity contribution in [3.8, 4) is 11.6 Å². The number of amides is 1. The van der Waals surface area contributed by atoms with Crippen LogP contribution >= 0.6 is 0 Å². The predicted octanol–water partition coefficient (Wildman–Crippen LogP) is 0.819. The summed E-state index contributed by atoms with van der Waals surface area (Å²) in [7, 11) is 0. The van der Waals surface area contributed by atoms with Crippen molar-refractivity contribution in [3.63, 3.8) is 0 Å². The average molecular weight is 300 g/mol. The van der Waals surface area contributed by atoms with Gasteiger partial charge in [-0.1, -0.05) is 18.2 Å². The third-order valence-corrected chi connectivity index (χ3v) is 3.38. The van der Waals surface area contributed by atoms with Crippen LogP contribution in [0, 0.1) is 5.21 Å². The van der Waals surface area contributed by atoms with E-state index in [1.165, 1.54) is 12.3 Å². The first kappa shape index (κ1) is 14.2. The minimum absolute atomic E-state index is 0.0671. The number of nitrogens with one attached hydrogen (secondary N) is 1. The van der Waals surface area contributed by atoms with Gasteiger partial charge in [0.25, 0.3) is 5.91 Å². The molecule has 1 N–H and O–H groups in total. The molecular formula is C16H16N2O4. The largest absolute Gasteiger partial charge is 0.616 e. The summed E-state index contributed by atoms with van der Waals surface area (Å²) in [4.78, 5) is 11.8. The van der Waals surface area contributed by atoms with Crippen molar-refractivity contribution in [2.24, 2.45) is 0 Å². The van der Waals surface area contributed by atoms with Crippen LogP contribution in [0.25, 0.3) is 0 Å². The number of hydrogen-bond acceptors (Lipinski definition) is 4. The molecule has 1 amide bonds. The van der Waals surface area contributed by atoms with Gasteiger partial charge in [0, 0.05) is 12.5 Å². The van der Waals surface area contributed by atoms with E-state index >= 15 is 0 Å². The molecule has 2 heterocycles. The summed E-state index contributed by atoms with van der Waals surface area (Å²) in [5.74, 6) is 0.681. The van der Waals surface area contributed by atoms with Gasteiger partial charge in [0.2, 0.25) is 0 Å². The van der Waals surface area contributed by atoms with Crippen LogP contribution in [0.5, 0.6) is 11.6 Å². The maximum Gasteiger partial charge on any atom is 0.379 e. The third-order valence-electron chi connectivity index (χ3n) is 3.38. The number of nitrogens with zero attached hydrogens (tertiary/aromatic N) is 1. The number of carbonyl (C=O) groups is 1. The van der Waals surface area contributed by atoms with Crippen molar-refractivity contribution in [1.29, 1.82) is 0 Å². The Morgan fingerprint density at radius 2 is 2.14 bits per heavy atom. The molecule has 0 saturated carbocycles. The molecular weight excluding hydrogens is 284 g/mol. The summed E-state index contributed by atoms with van der Waals surface area (Å²) in [5.41, 5.74) is 1.15. The lowest BCUT2D eigenvalue weighted by molar-refractivity contribution is -0.612. The van der Waals surface area contributed by atoms with Crippen LogP contribution in [0.15, 0.2) is 48.7 Å². The molecule has 114 valence electrons. The molecule has 1 aliphatic heterocycles. The Kier molecular flexibility index (Phi) is 4.09. The molecule has 0 bridgehead atoms. The highest BCUT2D eigenvalue weighted by molar-refractivity contribution is 5.77. The van der Waals surface area contributed by atoms with Gasteiger partial charge in [-0.25, -0.2) is 0 Å². The summed E-state index contributed by atoms with van der Waals surface area (Å²) in [6.45, 7) is 0.203. The van der Waals surface area contributed by atoms with Crippen LogP contribution in [0.4, 0.5) is 0 Å². The number of rotatable bonds is 5. The number of aromatic nitrogens is 1. The van der Waals surface area contributed by atoms with Crippen LogP contribution in [0.3, 0.4) is 0 Å². The molecule has 22 heavy (non-hydrogen) atoms. The second kappa shape index (κ2) is 6.34. The number of fused-ring (bicyclic) bond motifs is 1. The van der Waals surface area contributed by atoms with Gasteiger partial charge in [-0.15, -0.1) is 4.73 Å². The van der Waals surface area contributed by atoms with Crippen molar-refractivity contribution >= 4 is 5.91 Å². The Bertz CT molecular complexity index is 650. The zero-order chi connectivity index (χ0) is 15.4. The highest BCUT2D eigenvalue weighted by Gasteiger charge is 2.22. The standard InChI is InChI=1S/C16H16N2O4/c19-15(11-21-16-7-3-4-8-18(16)20)17-10-13-9-12-5-1-2-6-14(12)22-13/h1-8,13H,9-11H2,(H,17,19). The Balaban J connectivity index is 1.43. The van der Waals surface area contributed by atoms with Crippen molar-refractivity contribution in [2.75, 3.05) is 13.2 Å². The van der Waals surface area contributed by atoms with E-state index in [0.717, 1.165) is 17.7 Å². The number of para-hydroxylation sites is 1. The molecule has 0 radical (unpaired) electrons. The molecule has 0 saturated heterocycles. The Morgan fingerprint density at radius 3 is 2.95 bits per heavy atom. The molecule has 1 aromatic carbocycles. The maximum absolute atomic E-state index is 11.8. The molecule has 0 spiro atoms. The summed E-state index contributed by atoms with van der Waals surface area (Å²) in [6.07, 6.45) is 2.02. The van der Waals surface area contributed by atoms with Crippen molar-refractivity contribution < 1.29 is 19.0 Å². The second-order valence-corrected chi connectivity index (χ2v) is 5.01. The number of carbonyl (C=O) groups excluding carboxylic acids is 1. The number of ether oxygens (including phenoxy) is 2. The Hall–Kier alpha value is -2.76. The van der Waals surface area contributed by atoms with Gasteiger partial charge in [-0.3, -0.25) is 4.79 Å². The minimum atomic E-state index is -0.289. The van der Waals surface area contributed by atoms with Crippen LogP contribution < -0.4 is 19.5 Å². The molecule has 6 heteroatoms. The van der Waals surface area contributed by atoms with E-state index in [9.17, 15) is 10.0 Å². The normalized spacial score (nSPS) is 15.7. The molecule has 0 fully saturated rings.